The van der Waals surface area contributed by atoms with Gasteiger partial charge in [0.25, 0.3) is 5.91 Å². The number of benzene rings is 1. The minimum Gasteiger partial charge on any atom is -0.454 e. The number of hydrogen-bond donors (Lipinski definition) is 1. The second-order valence-corrected chi connectivity index (χ2v) is 9.72. The predicted octanol–water partition coefficient (Wildman–Crippen LogP) is 2.70. The molecule has 4 saturated carbocycles. The van der Waals surface area contributed by atoms with E-state index in [0.29, 0.717) is 17.8 Å². The average Bonchev–Trinajstić information content (AvgIpc) is 3.08. The van der Waals surface area contributed by atoms with E-state index in [0.717, 1.165) is 49.3 Å². The lowest BCUT2D eigenvalue weighted by Gasteiger charge is -2.66. The fraction of sp³-hybridized carbons (Fsp3) is 0.667. The number of carbonyl (C=O) groups excluding carboxylic acids is 1. The molecule has 0 spiro atoms. The molecule has 0 radical (unpaired) electrons. The van der Waals surface area contributed by atoms with Crippen molar-refractivity contribution in [3.63, 3.8) is 0 Å². The van der Waals surface area contributed by atoms with Crippen LogP contribution in [0.25, 0.3) is 0 Å². The van der Waals surface area contributed by atoms with Crippen molar-refractivity contribution in [1.82, 2.24) is 5.01 Å². The Kier molecular flexibility index (Phi) is 2.91. The van der Waals surface area contributed by atoms with Crippen molar-refractivity contribution in [3.05, 3.63) is 18.2 Å². The van der Waals surface area contributed by atoms with Gasteiger partial charge in [0.05, 0.1) is 11.6 Å². The van der Waals surface area contributed by atoms with Crippen LogP contribution in [-0.2, 0) is 4.79 Å². The van der Waals surface area contributed by atoms with E-state index in [1.54, 1.807) is 0 Å². The third kappa shape index (κ3) is 1.97. The van der Waals surface area contributed by atoms with Crippen molar-refractivity contribution >= 4 is 11.6 Å². The first-order valence-electron chi connectivity index (χ1n) is 10.1. The Labute approximate surface area is 159 Å². The maximum absolute atomic E-state index is 13.2. The highest BCUT2D eigenvalue weighted by atomic mass is 16.7. The Morgan fingerprint density at radius 2 is 1.85 bits per heavy atom. The molecule has 2 unspecified atom stereocenters. The molecule has 4 aliphatic carbocycles. The first-order valence-corrected chi connectivity index (χ1v) is 10.1. The molecule has 7 rings (SSSR count). The van der Waals surface area contributed by atoms with Crippen LogP contribution in [0.15, 0.2) is 18.2 Å². The SMILES string of the molecule is CC1(C)C(=O)N([C@H]2C3CC4CC2C[C@](O)(C4)C3)N1c1cccc2c1OCO2. The minimum absolute atomic E-state index is 0.170. The quantitative estimate of drug-likeness (QED) is 0.867. The number of aliphatic hydroxyl groups is 1. The number of hydrogen-bond acceptors (Lipinski definition) is 5. The molecule has 1 N–H and O–H groups in total. The molecule has 0 aromatic heterocycles. The van der Waals surface area contributed by atoms with Gasteiger partial charge in [0, 0.05) is 0 Å². The van der Waals surface area contributed by atoms with Crippen LogP contribution in [0.4, 0.5) is 5.69 Å². The van der Waals surface area contributed by atoms with Crippen LogP contribution in [-0.4, -0.2) is 40.0 Å². The largest absolute Gasteiger partial charge is 0.454 e. The molecule has 4 bridgehead atoms. The van der Waals surface area contributed by atoms with Crippen LogP contribution in [0.5, 0.6) is 11.5 Å². The van der Waals surface area contributed by atoms with Gasteiger partial charge in [-0.2, -0.15) is 0 Å². The summed E-state index contributed by atoms with van der Waals surface area (Å²) >= 11 is 0. The highest BCUT2D eigenvalue weighted by molar-refractivity contribution is 5.99. The summed E-state index contributed by atoms with van der Waals surface area (Å²) < 4.78 is 11.3. The number of carbonyl (C=O) groups is 1. The van der Waals surface area contributed by atoms with Crippen molar-refractivity contribution in [3.8, 4) is 11.5 Å². The Hall–Kier alpha value is -1.95. The summed E-state index contributed by atoms with van der Waals surface area (Å²) in [7, 11) is 0. The monoisotopic (exact) mass is 370 g/mol. The van der Waals surface area contributed by atoms with Crippen LogP contribution in [0.3, 0.4) is 0 Å². The predicted molar refractivity (Wildman–Crippen MR) is 98.3 cm³/mol. The topological polar surface area (TPSA) is 62.2 Å². The normalized spacial score (nSPS) is 40.5. The summed E-state index contributed by atoms with van der Waals surface area (Å²) in [4.78, 5) is 13.2. The number of hydrazine groups is 1. The van der Waals surface area contributed by atoms with E-state index in [1.807, 2.05) is 37.1 Å². The van der Waals surface area contributed by atoms with Crippen LogP contribution >= 0.6 is 0 Å². The Bertz CT molecular complexity index is 821. The molecule has 6 heteroatoms. The second-order valence-electron chi connectivity index (χ2n) is 9.72. The molecular formula is C21H26N2O4. The van der Waals surface area contributed by atoms with Crippen molar-refractivity contribution < 1.29 is 19.4 Å². The zero-order valence-electron chi connectivity index (χ0n) is 15.9. The van der Waals surface area contributed by atoms with Crippen LogP contribution in [0, 0.1) is 17.8 Å². The van der Waals surface area contributed by atoms with Gasteiger partial charge in [-0.05, 0) is 75.8 Å². The van der Waals surface area contributed by atoms with Crippen LogP contribution < -0.4 is 14.5 Å². The fourth-order valence-electron chi connectivity index (χ4n) is 6.81. The third-order valence-corrected chi connectivity index (χ3v) is 7.55. The number of anilines is 1. The lowest BCUT2D eigenvalue weighted by atomic mass is 9.52. The van der Waals surface area contributed by atoms with Crippen molar-refractivity contribution in [1.29, 1.82) is 0 Å². The average molecular weight is 370 g/mol. The zero-order chi connectivity index (χ0) is 18.6. The van der Waals surface area contributed by atoms with Gasteiger partial charge in [-0.15, -0.1) is 0 Å². The fourth-order valence-corrected chi connectivity index (χ4v) is 6.81. The summed E-state index contributed by atoms with van der Waals surface area (Å²) in [5, 5.41) is 15.0. The smallest absolute Gasteiger partial charge is 0.268 e. The lowest BCUT2D eigenvalue weighted by Crippen LogP contribution is -2.81. The first kappa shape index (κ1) is 16.0. The molecule has 2 aliphatic heterocycles. The van der Waals surface area contributed by atoms with Crippen molar-refractivity contribution in [2.75, 3.05) is 11.8 Å². The lowest BCUT2D eigenvalue weighted by molar-refractivity contribution is -0.190. The summed E-state index contributed by atoms with van der Waals surface area (Å²) in [5.74, 6) is 3.03. The molecule has 6 nitrogen and oxygen atoms in total. The molecular weight excluding hydrogens is 344 g/mol. The van der Waals surface area contributed by atoms with Crippen LogP contribution in [0.1, 0.15) is 46.0 Å². The van der Waals surface area contributed by atoms with E-state index in [1.165, 1.54) is 0 Å². The van der Waals surface area contributed by atoms with Gasteiger partial charge in [0.1, 0.15) is 11.2 Å². The molecule has 27 heavy (non-hydrogen) atoms. The van der Waals surface area contributed by atoms with E-state index < -0.39 is 11.1 Å². The van der Waals surface area contributed by atoms with Gasteiger partial charge in [-0.3, -0.25) is 9.80 Å². The molecule has 1 aromatic carbocycles. The second kappa shape index (κ2) is 4.90. The van der Waals surface area contributed by atoms with E-state index in [9.17, 15) is 9.90 Å². The van der Waals surface area contributed by atoms with Crippen molar-refractivity contribution in [2.45, 2.75) is 63.1 Å². The summed E-state index contributed by atoms with van der Waals surface area (Å²) in [6.45, 7) is 4.17. The number of fused-ring (bicyclic) bond motifs is 1. The maximum atomic E-state index is 13.2. The highest BCUT2D eigenvalue weighted by Gasteiger charge is 2.64. The summed E-state index contributed by atoms with van der Waals surface area (Å²) in [6, 6.07) is 6.06. The molecule has 1 amide bonds. The van der Waals surface area contributed by atoms with E-state index in [4.69, 9.17) is 9.47 Å². The standard InChI is InChI=1S/C21H26N2O4/c1-20(2)19(24)22(23(20)15-4-3-5-16-18(15)27-11-26-16)17-13-6-12-7-14(17)10-21(25,8-12)9-13/h3-5,12-14,17,25H,6-11H2,1-2H3/t12?,13?,14?,17-,21-. The summed E-state index contributed by atoms with van der Waals surface area (Å²) in [5.41, 5.74) is -0.194. The number of ether oxygens (including phenoxy) is 2. The van der Waals surface area contributed by atoms with E-state index in [2.05, 4.69) is 5.01 Å². The Balaban J connectivity index is 1.40. The van der Waals surface area contributed by atoms with Gasteiger partial charge in [-0.1, -0.05) is 6.07 Å². The minimum atomic E-state index is -0.605. The molecule has 144 valence electrons. The van der Waals surface area contributed by atoms with Gasteiger partial charge >= 0.3 is 0 Å². The molecule has 2 atom stereocenters. The summed E-state index contributed by atoms with van der Waals surface area (Å²) in [6.07, 6.45) is 4.87. The molecule has 6 aliphatic rings. The van der Waals surface area contributed by atoms with E-state index >= 15 is 0 Å². The first-order chi connectivity index (χ1) is 12.9. The van der Waals surface area contributed by atoms with Gasteiger partial charge in [0.15, 0.2) is 11.5 Å². The zero-order valence-corrected chi connectivity index (χ0v) is 15.9. The maximum Gasteiger partial charge on any atom is 0.268 e. The third-order valence-electron chi connectivity index (χ3n) is 7.55. The van der Waals surface area contributed by atoms with Gasteiger partial charge < -0.3 is 14.6 Å². The van der Waals surface area contributed by atoms with Gasteiger partial charge in [0.2, 0.25) is 6.79 Å². The molecule has 5 fully saturated rings. The highest BCUT2D eigenvalue weighted by Crippen LogP contribution is 2.59. The molecule has 1 saturated heterocycles. The number of nitrogens with zero attached hydrogens (tertiary/aromatic N) is 2. The van der Waals surface area contributed by atoms with Gasteiger partial charge in [-0.25, -0.2) is 5.01 Å². The Morgan fingerprint density at radius 3 is 2.56 bits per heavy atom. The van der Waals surface area contributed by atoms with Crippen LogP contribution in [0.2, 0.25) is 0 Å². The number of amides is 1. The molecule has 1 aromatic rings. The number of rotatable bonds is 2. The Morgan fingerprint density at radius 1 is 1.11 bits per heavy atom. The number of para-hydroxylation sites is 1. The molecule has 2 heterocycles. The van der Waals surface area contributed by atoms with Crippen molar-refractivity contribution in [2.24, 2.45) is 17.8 Å². The van der Waals surface area contributed by atoms with E-state index in [-0.39, 0.29) is 18.7 Å².